The number of benzene rings is 2. The monoisotopic (exact) mass is 281 g/mol. The minimum absolute atomic E-state index is 0.162. The highest BCUT2D eigenvalue weighted by atomic mass is 16.3. The summed E-state index contributed by atoms with van der Waals surface area (Å²) < 4.78 is 2.14. The van der Waals surface area contributed by atoms with E-state index in [1.54, 1.807) is 0 Å². The summed E-state index contributed by atoms with van der Waals surface area (Å²) in [7, 11) is 0. The quantitative estimate of drug-likeness (QED) is 0.723. The van der Waals surface area contributed by atoms with Gasteiger partial charge in [0, 0.05) is 18.7 Å². The van der Waals surface area contributed by atoms with Gasteiger partial charge in [0.05, 0.1) is 11.2 Å². The number of aliphatic hydroxyl groups excluding tert-OH is 1. The van der Waals surface area contributed by atoms with Gasteiger partial charge < -0.3 is 15.4 Å². The number of rotatable bonds is 4. The van der Waals surface area contributed by atoms with Crippen molar-refractivity contribution in [2.24, 2.45) is 0 Å². The van der Waals surface area contributed by atoms with Crippen LogP contribution in [0.15, 0.2) is 42.5 Å². The molecule has 4 nitrogen and oxygen atoms in total. The van der Waals surface area contributed by atoms with Gasteiger partial charge in [0.1, 0.15) is 11.3 Å². The maximum Gasteiger partial charge on any atom is 0.141 e. The standard InChI is InChI=1S/C17H19N3O/c1-12-6-2-3-7-13(12)17-19-16-14(18)8-4-9-15(16)20(17)10-5-11-21/h2-4,6-9,21H,5,10-11,18H2,1H3. The van der Waals surface area contributed by atoms with E-state index in [9.17, 15) is 0 Å². The molecule has 0 atom stereocenters. The molecule has 0 bridgehead atoms. The number of fused-ring (bicyclic) bond motifs is 1. The molecule has 2 aromatic carbocycles. The van der Waals surface area contributed by atoms with Crippen LogP contribution in [0.25, 0.3) is 22.4 Å². The number of aryl methyl sites for hydroxylation is 2. The minimum atomic E-state index is 0.162. The summed E-state index contributed by atoms with van der Waals surface area (Å²) in [5.74, 6) is 0.912. The highest BCUT2D eigenvalue weighted by Crippen LogP contribution is 2.29. The predicted octanol–water partition coefficient (Wildman–Crippen LogP) is 2.98. The molecular weight excluding hydrogens is 262 g/mol. The number of hydrogen-bond donors (Lipinski definition) is 2. The zero-order valence-corrected chi connectivity index (χ0v) is 12.1. The fourth-order valence-electron chi connectivity index (χ4n) is 2.65. The van der Waals surface area contributed by atoms with Crippen molar-refractivity contribution in [2.75, 3.05) is 12.3 Å². The Morgan fingerprint density at radius 3 is 2.71 bits per heavy atom. The Kier molecular flexibility index (Phi) is 3.62. The Bertz CT molecular complexity index is 777. The van der Waals surface area contributed by atoms with E-state index in [2.05, 4.69) is 23.6 Å². The van der Waals surface area contributed by atoms with Crippen LogP contribution in [-0.4, -0.2) is 21.3 Å². The average Bonchev–Trinajstić information content (AvgIpc) is 2.85. The van der Waals surface area contributed by atoms with Gasteiger partial charge >= 0.3 is 0 Å². The summed E-state index contributed by atoms with van der Waals surface area (Å²) in [6.45, 7) is 2.96. The second kappa shape index (κ2) is 5.58. The lowest BCUT2D eigenvalue weighted by Gasteiger charge is -2.10. The number of nitrogen functional groups attached to an aromatic ring is 1. The van der Waals surface area contributed by atoms with Crippen molar-refractivity contribution in [3.05, 3.63) is 48.0 Å². The summed E-state index contributed by atoms with van der Waals surface area (Å²) in [5, 5.41) is 9.15. The molecule has 0 aliphatic heterocycles. The maximum absolute atomic E-state index is 9.15. The molecule has 0 spiro atoms. The second-order valence-corrected chi connectivity index (χ2v) is 5.19. The molecule has 3 rings (SSSR count). The Morgan fingerprint density at radius 1 is 1.14 bits per heavy atom. The third-order valence-electron chi connectivity index (χ3n) is 3.74. The first-order chi connectivity index (χ1) is 10.2. The van der Waals surface area contributed by atoms with Crippen molar-refractivity contribution in [3.63, 3.8) is 0 Å². The number of aliphatic hydroxyl groups is 1. The van der Waals surface area contributed by atoms with Gasteiger partial charge in [-0.05, 0) is 31.0 Å². The summed E-state index contributed by atoms with van der Waals surface area (Å²) in [5.41, 5.74) is 10.9. The van der Waals surface area contributed by atoms with E-state index < -0.39 is 0 Å². The lowest BCUT2D eigenvalue weighted by Crippen LogP contribution is -2.03. The van der Waals surface area contributed by atoms with Crippen molar-refractivity contribution in [3.8, 4) is 11.4 Å². The predicted molar refractivity (Wildman–Crippen MR) is 86.0 cm³/mol. The van der Waals surface area contributed by atoms with E-state index in [0.717, 1.165) is 29.0 Å². The number of nitrogens with two attached hydrogens (primary N) is 1. The lowest BCUT2D eigenvalue weighted by molar-refractivity contribution is 0.281. The molecule has 0 aliphatic carbocycles. The molecule has 0 amide bonds. The fourth-order valence-corrected chi connectivity index (χ4v) is 2.65. The largest absolute Gasteiger partial charge is 0.397 e. The van der Waals surface area contributed by atoms with Gasteiger partial charge in [-0.1, -0.05) is 30.3 Å². The average molecular weight is 281 g/mol. The van der Waals surface area contributed by atoms with Crippen molar-refractivity contribution >= 4 is 16.7 Å². The molecule has 0 fully saturated rings. The summed E-state index contributed by atoms with van der Waals surface area (Å²) in [6, 6.07) is 14.0. The Hall–Kier alpha value is -2.33. The Balaban J connectivity index is 2.26. The molecule has 4 heteroatoms. The zero-order chi connectivity index (χ0) is 14.8. The van der Waals surface area contributed by atoms with E-state index in [-0.39, 0.29) is 6.61 Å². The van der Waals surface area contributed by atoms with Gasteiger partial charge in [-0.3, -0.25) is 0 Å². The molecule has 0 radical (unpaired) electrons. The van der Waals surface area contributed by atoms with E-state index in [1.165, 1.54) is 5.56 Å². The number of anilines is 1. The number of aromatic nitrogens is 2. The van der Waals surface area contributed by atoms with Crippen LogP contribution in [-0.2, 0) is 6.54 Å². The SMILES string of the molecule is Cc1ccccc1-c1nc2c(N)cccc2n1CCCO. The van der Waals surface area contributed by atoms with Gasteiger partial charge in [0.2, 0.25) is 0 Å². The van der Waals surface area contributed by atoms with Crippen molar-refractivity contribution < 1.29 is 5.11 Å². The zero-order valence-electron chi connectivity index (χ0n) is 12.1. The molecule has 0 unspecified atom stereocenters. The van der Waals surface area contributed by atoms with Crippen molar-refractivity contribution in [1.82, 2.24) is 9.55 Å². The van der Waals surface area contributed by atoms with Crippen LogP contribution in [0.4, 0.5) is 5.69 Å². The van der Waals surface area contributed by atoms with Gasteiger partial charge in [-0.25, -0.2) is 4.98 Å². The van der Waals surface area contributed by atoms with Crippen molar-refractivity contribution in [2.45, 2.75) is 19.9 Å². The van der Waals surface area contributed by atoms with E-state index >= 15 is 0 Å². The highest BCUT2D eigenvalue weighted by molar-refractivity contribution is 5.90. The van der Waals surface area contributed by atoms with E-state index in [0.29, 0.717) is 12.1 Å². The van der Waals surface area contributed by atoms with Crippen LogP contribution in [0.1, 0.15) is 12.0 Å². The third kappa shape index (κ3) is 2.38. The highest BCUT2D eigenvalue weighted by Gasteiger charge is 2.15. The first-order valence-electron chi connectivity index (χ1n) is 7.14. The molecule has 3 N–H and O–H groups in total. The molecule has 108 valence electrons. The first-order valence-corrected chi connectivity index (χ1v) is 7.14. The van der Waals surface area contributed by atoms with Gasteiger partial charge in [-0.2, -0.15) is 0 Å². The van der Waals surface area contributed by atoms with Crippen LogP contribution >= 0.6 is 0 Å². The van der Waals surface area contributed by atoms with Gasteiger partial charge in [0.15, 0.2) is 0 Å². The molecule has 1 heterocycles. The second-order valence-electron chi connectivity index (χ2n) is 5.19. The van der Waals surface area contributed by atoms with E-state index in [4.69, 9.17) is 15.8 Å². The molecular formula is C17H19N3O. The normalized spacial score (nSPS) is 11.1. The summed E-state index contributed by atoms with van der Waals surface area (Å²) in [4.78, 5) is 4.75. The van der Waals surface area contributed by atoms with Crippen LogP contribution in [0.5, 0.6) is 0 Å². The number of imidazole rings is 1. The smallest absolute Gasteiger partial charge is 0.141 e. The Morgan fingerprint density at radius 2 is 1.95 bits per heavy atom. The molecule has 0 aliphatic rings. The fraction of sp³-hybridized carbons (Fsp3) is 0.235. The molecule has 21 heavy (non-hydrogen) atoms. The molecule has 1 aromatic heterocycles. The third-order valence-corrected chi connectivity index (χ3v) is 3.74. The van der Waals surface area contributed by atoms with Crippen LogP contribution < -0.4 is 5.73 Å². The Labute approximate surface area is 123 Å². The summed E-state index contributed by atoms with van der Waals surface area (Å²) >= 11 is 0. The lowest BCUT2D eigenvalue weighted by atomic mass is 10.1. The van der Waals surface area contributed by atoms with Gasteiger partial charge in [-0.15, -0.1) is 0 Å². The van der Waals surface area contributed by atoms with Crippen molar-refractivity contribution in [1.29, 1.82) is 0 Å². The van der Waals surface area contributed by atoms with E-state index in [1.807, 2.05) is 30.3 Å². The minimum Gasteiger partial charge on any atom is -0.397 e. The maximum atomic E-state index is 9.15. The van der Waals surface area contributed by atoms with Crippen LogP contribution in [0.3, 0.4) is 0 Å². The first kappa shape index (κ1) is 13.6. The molecule has 0 saturated carbocycles. The number of nitrogens with zero attached hydrogens (tertiary/aromatic N) is 2. The number of para-hydroxylation sites is 1. The van der Waals surface area contributed by atoms with Crippen LogP contribution in [0, 0.1) is 6.92 Å². The topological polar surface area (TPSA) is 64.1 Å². The molecule has 0 saturated heterocycles. The number of hydrogen-bond acceptors (Lipinski definition) is 3. The molecule has 3 aromatic rings. The van der Waals surface area contributed by atoms with Gasteiger partial charge in [0.25, 0.3) is 0 Å². The van der Waals surface area contributed by atoms with Crippen LogP contribution in [0.2, 0.25) is 0 Å². The summed E-state index contributed by atoms with van der Waals surface area (Å²) in [6.07, 6.45) is 0.694.